The second kappa shape index (κ2) is 5.62. The molecule has 0 fully saturated rings. The fourth-order valence-electron chi connectivity index (χ4n) is 1.59. The maximum absolute atomic E-state index is 11.0. The van der Waals surface area contributed by atoms with Gasteiger partial charge in [-0.05, 0) is 27.9 Å². The van der Waals surface area contributed by atoms with Crippen LogP contribution in [0.25, 0.3) is 0 Å². The summed E-state index contributed by atoms with van der Waals surface area (Å²) in [5, 5.41) is 18.2. The molecule has 0 aliphatic heterocycles. The monoisotopic (exact) mass is 241 g/mol. The third-order valence-electron chi connectivity index (χ3n) is 2.43. The van der Waals surface area contributed by atoms with Crippen LogP contribution in [0.2, 0.25) is 0 Å². The van der Waals surface area contributed by atoms with Crippen LogP contribution in [0.3, 0.4) is 0 Å². The van der Waals surface area contributed by atoms with E-state index in [1.807, 2.05) is 25.9 Å². The first-order valence-corrected chi connectivity index (χ1v) is 5.57. The van der Waals surface area contributed by atoms with Gasteiger partial charge >= 0.3 is 5.69 Å². The van der Waals surface area contributed by atoms with E-state index in [9.17, 15) is 10.1 Å². The minimum atomic E-state index is -0.382. The number of hydrogen-bond acceptors (Lipinski definition) is 5. The lowest BCUT2D eigenvalue weighted by molar-refractivity contribution is -0.384. The molecule has 17 heavy (non-hydrogen) atoms. The molecule has 0 spiro atoms. The van der Waals surface area contributed by atoms with Crippen molar-refractivity contribution in [2.24, 2.45) is 0 Å². The highest BCUT2D eigenvalue weighted by molar-refractivity contribution is 5.59. The fraction of sp³-hybridized carbons (Fsp3) is 0.700. The molecule has 1 aromatic rings. The number of likely N-dealkylation sites (N-methyl/N-ethyl adjacent to an activating group) is 1. The molecule has 1 rings (SSSR count). The molecule has 0 bridgehead atoms. The molecule has 0 saturated heterocycles. The first kappa shape index (κ1) is 13.4. The number of nitro groups is 1. The van der Waals surface area contributed by atoms with Gasteiger partial charge in [0.15, 0.2) is 0 Å². The maximum atomic E-state index is 11.0. The third kappa shape index (κ3) is 3.16. The molecular weight excluding hydrogens is 222 g/mol. The lowest BCUT2D eigenvalue weighted by Crippen LogP contribution is -2.22. The molecule has 0 radical (unpaired) electrons. The number of nitrogens with zero attached hydrogens (tertiary/aromatic N) is 4. The van der Waals surface area contributed by atoms with E-state index in [0.29, 0.717) is 24.6 Å². The molecule has 0 atom stereocenters. The van der Waals surface area contributed by atoms with Crippen LogP contribution in [0.15, 0.2) is 0 Å². The summed E-state index contributed by atoms with van der Waals surface area (Å²) in [6.45, 7) is 5.64. The van der Waals surface area contributed by atoms with Gasteiger partial charge in [-0.25, -0.2) is 4.68 Å². The SMILES string of the molecule is CCn1nc(C)c([N+](=O)[O-])c1NCCN(C)C. The van der Waals surface area contributed by atoms with Crippen molar-refractivity contribution in [2.45, 2.75) is 20.4 Å². The van der Waals surface area contributed by atoms with Gasteiger partial charge in [0, 0.05) is 19.6 Å². The van der Waals surface area contributed by atoms with E-state index in [1.54, 1.807) is 11.6 Å². The van der Waals surface area contributed by atoms with Gasteiger partial charge in [-0.3, -0.25) is 10.1 Å². The molecule has 0 amide bonds. The average Bonchev–Trinajstić information content (AvgIpc) is 2.54. The van der Waals surface area contributed by atoms with Crippen molar-refractivity contribution in [1.82, 2.24) is 14.7 Å². The van der Waals surface area contributed by atoms with Gasteiger partial charge < -0.3 is 10.2 Å². The van der Waals surface area contributed by atoms with Crippen molar-refractivity contribution in [1.29, 1.82) is 0 Å². The van der Waals surface area contributed by atoms with Crippen LogP contribution in [0.1, 0.15) is 12.6 Å². The second-order valence-electron chi connectivity index (χ2n) is 4.09. The van der Waals surface area contributed by atoms with Crippen LogP contribution in [0.4, 0.5) is 11.5 Å². The van der Waals surface area contributed by atoms with Gasteiger partial charge in [0.25, 0.3) is 0 Å². The smallest absolute Gasteiger partial charge is 0.333 e. The van der Waals surface area contributed by atoms with Crippen molar-refractivity contribution >= 4 is 11.5 Å². The van der Waals surface area contributed by atoms with Crippen LogP contribution in [-0.2, 0) is 6.54 Å². The lowest BCUT2D eigenvalue weighted by atomic mass is 10.4. The molecular formula is C10H19N5O2. The lowest BCUT2D eigenvalue weighted by Gasteiger charge is -2.11. The normalized spacial score (nSPS) is 10.9. The molecule has 7 heteroatoms. The van der Waals surface area contributed by atoms with Crippen molar-refractivity contribution < 1.29 is 4.92 Å². The van der Waals surface area contributed by atoms with Crippen LogP contribution in [0.5, 0.6) is 0 Å². The Balaban J connectivity index is 2.90. The highest BCUT2D eigenvalue weighted by atomic mass is 16.6. The highest BCUT2D eigenvalue weighted by Crippen LogP contribution is 2.27. The maximum Gasteiger partial charge on any atom is 0.333 e. The molecule has 1 N–H and O–H groups in total. The van der Waals surface area contributed by atoms with Crippen molar-refractivity contribution in [3.63, 3.8) is 0 Å². The Morgan fingerprint density at radius 1 is 1.53 bits per heavy atom. The van der Waals surface area contributed by atoms with Crippen molar-refractivity contribution in [3.8, 4) is 0 Å². The summed E-state index contributed by atoms with van der Waals surface area (Å²) in [5.41, 5.74) is 0.523. The number of hydrogen-bond donors (Lipinski definition) is 1. The Bertz CT molecular complexity index is 400. The van der Waals surface area contributed by atoms with E-state index in [-0.39, 0.29) is 10.6 Å². The van der Waals surface area contributed by atoms with Gasteiger partial charge in [-0.15, -0.1) is 0 Å². The van der Waals surface area contributed by atoms with E-state index in [1.165, 1.54) is 0 Å². The Morgan fingerprint density at radius 2 is 2.18 bits per heavy atom. The number of aryl methyl sites for hydroxylation is 2. The van der Waals surface area contributed by atoms with E-state index >= 15 is 0 Å². The molecule has 0 aromatic carbocycles. The zero-order valence-electron chi connectivity index (χ0n) is 10.7. The third-order valence-corrected chi connectivity index (χ3v) is 2.43. The molecule has 0 aliphatic carbocycles. The average molecular weight is 241 g/mol. The van der Waals surface area contributed by atoms with E-state index in [2.05, 4.69) is 10.4 Å². The number of anilines is 1. The summed E-state index contributed by atoms with van der Waals surface area (Å²) in [6.07, 6.45) is 0. The van der Waals surface area contributed by atoms with Crippen LogP contribution >= 0.6 is 0 Å². The van der Waals surface area contributed by atoms with Gasteiger partial charge in [0.1, 0.15) is 5.69 Å². The Hall–Kier alpha value is -1.63. The summed E-state index contributed by atoms with van der Waals surface area (Å²) in [6, 6.07) is 0. The summed E-state index contributed by atoms with van der Waals surface area (Å²) in [5.74, 6) is 0.497. The summed E-state index contributed by atoms with van der Waals surface area (Å²) in [7, 11) is 3.91. The molecule has 1 heterocycles. The van der Waals surface area contributed by atoms with Gasteiger partial charge in [0.2, 0.25) is 5.82 Å². The first-order valence-electron chi connectivity index (χ1n) is 5.57. The Morgan fingerprint density at radius 3 is 2.65 bits per heavy atom. The fourth-order valence-corrected chi connectivity index (χ4v) is 1.59. The molecule has 7 nitrogen and oxygen atoms in total. The van der Waals surface area contributed by atoms with Gasteiger partial charge in [-0.1, -0.05) is 0 Å². The molecule has 0 aliphatic rings. The number of nitrogens with one attached hydrogen (secondary N) is 1. The summed E-state index contributed by atoms with van der Waals surface area (Å²) < 4.78 is 1.63. The van der Waals surface area contributed by atoms with E-state index in [0.717, 1.165) is 6.54 Å². The Labute approximate surface area is 101 Å². The van der Waals surface area contributed by atoms with Gasteiger partial charge in [0.05, 0.1) is 4.92 Å². The van der Waals surface area contributed by atoms with Crippen LogP contribution in [-0.4, -0.2) is 46.8 Å². The first-order chi connectivity index (χ1) is 7.97. The quantitative estimate of drug-likeness (QED) is 0.596. The molecule has 1 aromatic heterocycles. The largest absolute Gasteiger partial charge is 0.363 e. The minimum Gasteiger partial charge on any atom is -0.363 e. The molecule has 0 unspecified atom stereocenters. The van der Waals surface area contributed by atoms with Gasteiger partial charge in [-0.2, -0.15) is 5.10 Å². The summed E-state index contributed by atoms with van der Waals surface area (Å²) in [4.78, 5) is 12.6. The van der Waals surface area contributed by atoms with E-state index in [4.69, 9.17) is 0 Å². The summed E-state index contributed by atoms with van der Waals surface area (Å²) >= 11 is 0. The topological polar surface area (TPSA) is 76.2 Å². The molecule has 0 saturated carbocycles. The van der Waals surface area contributed by atoms with Crippen molar-refractivity contribution in [2.75, 3.05) is 32.5 Å². The van der Waals surface area contributed by atoms with E-state index < -0.39 is 0 Å². The Kier molecular flexibility index (Phi) is 4.45. The number of rotatable bonds is 6. The second-order valence-corrected chi connectivity index (χ2v) is 4.09. The number of aromatic nitrogens is 2. The predicted molar refractivity (Wildman–Crippen MR) is 66.3 cm³/mol. The zero-order valence-corrected chi connectivity index (χ0v) is 10.7. The van der Waals surface area contributed by atoms with Crippen molar-refractivity contribution in [3.05, 3.63) is 15.8 Å². The van der Waals surface area contributed by atoms with Crippen LogP contribution in [0, 0.1) is 17.0 Å². The van der Waals surface area contributed by atoms with Crippen LogP contribution < -0.4 is 5.32 Å². The molecule has 96 valence electrons. The zero-order chi connectivity index (χ0) is 13.0. The highest BCUT2D eigenvalue weighted by Gasteiger charge is 2.24. The predicted octanol–water partition coefficient (Wildman–Crippen LogP) is 1.09. The standard InChI is InChI=1S/C10H19N5O2/c1-5-14-10(11-6-7-13(3)4)9(15(16)17)8(2)12-14/h11H,5-7H2,1-4H3. The minimum absolute atomic E-state index is 0.0746.